The van der Waals surface area contributed by atoms with E-state index in [-0.39, 0.29) is 11.4 Å². The number of hydrogen-bond acceptors (Lipinski definition) is 1. The normalized spacial score (nSPS) is 11.8. The van der Waals surface area contributed by atoms with E-state index in [9.17, 15) is 13.2 Å². The lowest BCUT2D eigenvalue weighted by Crippen LogP contribution is -2.10. The van der Waals surface area contributed by atoms with Gasteiger partial charge in [-0.2, -0.15) is 18.3 Å². The molecule has 18 heavy (non-hydrogen) atoms. The van der Waals surface area contributed by atoms with Crippen LogP contribution in [0.2, 0.25) is 0 Å². The lowest BCUT2D eigenvalue weighted by molar-refractivity contribution is -0.138. The molecule has 0 radical (unpaired) electrons. The summed E-state index contributed by atoms with van der Waals surface area (Å²) in [4.78, 5) is 0. The Hall–Kier alpha value is -0.760. The Morgan fingerprint density at radius 1 is 1.33 bits per heavy atom. The predicted octanol–water partition coefficient (Wildman–Crippen LogP) is 4.23. The highest BCUT2D eigenvalue weighted by atomic mass is 127. The fourth-order valence-corrected chi connectivity index (χ4v) is 2.15. The van der Waals surface area contributed by atoms with Gasteiger partial charge in [0.1, 0.15) is 0 Å². The molecule has 0 atom stereocenters. The van der Waals surface area contributed by atoms with E-state index in [1.54, 1.807) is 18.5 Å². The zero-order chi connectivity index (χ0) is 13.3. The van der Waals surface area contributed by atoms with E-state index < -0.39 is 11.7 Å². The molecule has 0 aliphatic carbocycles. The fraction of sp³-hybridized carbons (Fsp3) is 0.182. The maximum Gasteiger partial charge on any atom is 0.416 e. The van der Waals surface area contributed by atoms with Crippen LogP contribution in [-0.2, 0) is 12.1 Å². The molecule has 7 heteroatoms. The standard InChI is InChI=1S/C11H7ClF3IN2/c12-4-7-1-2-9(3-10(7)11(13,14)15)18-6-8(16)5-17-18/h1-3,5-6H,4H2. The first-order chi connectivity index (χ1) is 8.41. The van der Waals surface area contributed by atoms with E-state index in [1.165, 1.54) is 10.7 Å². The minimum atomic E-state index is -4.42. The van der Waals surface area contributed by atoms with Crippen LogP contribution >= 0.6 is 34.2 Å². The Kier molecular flexibility index (Phi) is 3.86. The molecule has 96 valence electrons. The first-order valence-corrected chi connectivity index (χ1v) is 6.50. The molecular weight excluding hydrogens is 379 g/mol. The Morgan fingerprint density at radius 3 is 2.56 bits per heavy atom. The van der Waals surface area contributed by atoms with Crippen molar-refractivity contribution >= 4 is 34.2 Å². The molecule has 1 aromatic heterocycles. The van der Waals surface area contributed by atoms with Crippen LogP contribution in [0.3, 0.4) is 0 Å². The topological polar surface area (TPSA) is 17.8 Å². The van der Waals surface area contributed by atoms with Gasteiger partial charge in [0.25, 0.3) is 0 Å². The highest BCUT2D eigenvalue weighted by Crippen LogP contribution is 2.34. The van der Waals surface area contributed by atoms with Crippen molar-refractivity contribution < 1.29 is 13.2 Å². The molecule has 0 unspecified atom stereocenters. The number of alkyl halides is 4. The molecule has 0 spiro atoms. The number of rotatable bonds is 2. The summed E-state index contributed by atoms with van der Waals surface area (Å²) < 4.78 is 40.8. The fourth-order valence-electron chi connectivity index (χ4n) is 1.53. The first-order valence-electron chi connectivity index (χ1n) is 4.88. The summed E-state index contributed by atoms with van der Waals surface area (Å²) in [7, 11) is 0. The molecular formula is C11H7ClF3IN2. The summed E-state index contributed by atoms with van der Waals surface area (Å²) in [6.07, 6.45) is -1.19. The predicted molar refractivity (Wildman–Crippen MR) is 70.8 cm³/mol. The number of halogens is 5. The lowest BCUT2D eigenvalue weighted by Gasteiger charge is -2.13. The maximum absolute atomic E-state index is 12.8. The van der Waals surface area contributed by atoms with Gasteiger partial charge in [0.15, 0.2) is 0 Å². The van der Waals surface area contributed by atoms with Crippen LogP contribution in [-0.4, -0.2) is 9.78 Å². The van der Waals surface area contributed by atoms with Crippen molar-refractivity contribution in [2.24, 2.45) is 0 Å². The van der Waals surface area contributed by atoms with Gasteiger partial charge >= 0.3 is 6.18 Å². The van der Waals surface area contributed by atoms with E-state index in [0.29, 0.717) is 5.69 Å². The second kappa shape index (κ2) is 5.08. The van der Waals surface area contributed by atoms with E-state index in [2.05, 4.69) is 5.10 Å². The third kappa shape index (κ3) is 2.80. The second-order valence-corrected chi connectivity index (χ2v) is 5.09. The number of aromatic nitrogens is 2. The molecule has 1 aromatic carbocycles. The first kappa shape index (κ1) is 13.7. The summed E-state index contributed by atoms with van der Waals surface area (Å²) in [5.74, 6) is -0.175. The summed E-state index contributed by atoms with van der Waals surface area (Å²) in [6, 6.07) is 4.00. The Balaban J connectivity index is 2.52. The largest absolute Gasteiger partial charge is 0.416 e. The molecule has 0 aliphatic rings. The molecule has 0 aliphatic heterocycles. The van der Waals surface area contributed by atoms with Gasteiger partial charge in [-0.1, -0.05) is 6.07 Å². The van der Waals surface area contributed by atoms with Gasteiger partial charge in [-0.25, -0.2) is 4.68 Å². The average molecular weight is 387 g/mol. The lowest BCUT2D eigenvalue weighted by atomic mass is 10.1. The Labute approximate surface area is 120 Å². The molecule has 2 aromatic rings. The molecule has 0 saturated heterocycles. The van der Waals surface area contributed by atoms with Gasteiger partial charge in [-0.05, 0) is 40.3 Å². The SMILES string of the molecule is FC(F)(F)c1cc(-n2cc(I)cn2)ccc1CCl. The summed E-state index contributed by atoms with van der Waals surface area (Å²) in [6.45, 7) is 0. The zero-order valence-electron chi connectivity index (χ0n) is 8.88. The number of benzene rings is 1. The summed E-state index contributed by atoms with van der Waals surface area (Å²) >= 11 is 7.56. The molecule has 0 fully saturated rings. The van der Waals surface area contributed by atoms with Crippen LogP contribution in [0.1, 0.15) is 11.1 Å². The third-order valence-corrected chi connectivity index (χ3v) is 3.20. The van der Waals surface area contributed by atoms with Gasteiger partial charge in [0.2, 0.25) is 0 Å². The number of nitrogens with zero attached hydrogens (tertiary/aromatic N) is 2. The van der Waals surface area contributed by atoms with E-state index in [4.69, 9.17) is 11.6 Å². The third-order valence-electron chi connectivity index (χ3n) is 2.36. The maximum atomic E-state index is 12.8. The van der Waals surface area contributed by atoms with Crippen molar-refractivity contribution in [1.82, 2.24) is 9.78 Å². The minimum Gasteiger partial charge on any atom is -0.240 e. The van der Waals surface area contributed by atoms with Crippen molar-refractivity contribution in [1.29, 1.82) is 0 Å². The van der Waals surface area contributed by atoms with Gasteiger partial charge in [0.05, 0.1) is 21.0 Å². The Bertz CT molecular complexity index is 566. The average Bonchev–Trinajstić information content (AvgIpc) is 2.74. The molecule has 0 N–H and O–H groups in total. The van der Waals surface area contributed by atoms with E-state index >= 15 is 0 Å². The number of hydrogen-bond donors (Lipinski definition) is 0. The quantitative estimate of drug-likeness (QED) is 0.558. The van der Waals surface area contributed by atoms with Crippen LogP contribution in [0.4, 0.5) is 13.2 Å². The Morgan fingerprint density at radius 2 is 2.06 bits per heavy atom. The van der Waals surface area contributed by atoms with Gasteiger partial charge in [0, 0.05) is 12.1 Å². The minimum absolute atomic E-state index is 0.0646. The van der Waals surface area contributed by atoms with Crippen LogP contribution in [0.25, 0.3) is 5.69 Å². The molecule has 0 saturated carbocycles. The molecule has 2 rings (SSSR count). The van der Waals surface area contributed by atoms with Crippen molar-refractivity contribution in [2.75, 3.05) is 0 Å². The van der Waals surface area contributed by atoms with Crippen LogP contribution in [0, 0.1) is 3.57 Å². The van der Waals surface area contributed by atoms with Crippen LogP contribution < -0.4 is 0 Å². The highest BCUT2D eigenvalue weighted by Gasteiger charge is 2.33. The monoisotopic (exact) mass is 386 g/mol. The van der Waals surface area contributed by atoms with Crippen molar-refractivity contribution in [3.8, 4) is 5.69 Å². The van der Waals surface area contributed by atoms with Crippen LogP contribution in [0.5, 0.6) is 0 Å². The van der Waals surface area contributed by atoms with Crippen molar-refractivity contribution in [3.63, 3.8) is 0 Å². The van der Waals surface area contributed by atoms with Gasteiger partial charge < -0.3 is 0 Å². The molecule has 0 amide bonds. The van der Waals surface area contributed by atoms with Gasteiger partial charge in [-0.15, -0.1) is 11.6 Å². The molecule has 2 nitrogen and oxygen atoms in total. The van der Waals surface area contributed by atoms with Crippen molar-refractivity contribution in [3.05, 3.63) is 45.3 Å². The molecule has 1 heterocycles. The molecule has 0 bridgehead atoms. The summed E-state index contributed by atoms with van der Waals surface area (Å²) in [5, 5.41) is 3.97. The van der Waals surface area contributed by atoms with E-state index in [1.807, 2.05) is 22.6 Å². The van der Waals surface area contributed by atoms with Crippen LogP contribution in [0.15, 0.2) is 30.6 Å². The smallest absolute Gasteiger partial charge is 0.240 e. The zero-order valence-corrected chi connectivity index (χ0v) is 11.8. The second-order valence-electron chi connectivity index (χ2n) is 3.58. The van der Waals surface area contributed by atoms with Crippen molar-refractivity contribution in [2.45, 2.75) is 12.1 Å². The highest BCUT2D eigenvalue weighted by molar-refractivity contribution is 14.1. The summed E-state index contributed by atoms with van der Waals surface area (Å²) in [5.41, 5.74) is -0.297. The van der Waals surface area contributed by atoms with Gasteiger partial charge in [-0.3, -0.25) is 0 Å². The van der Waals surface area contributed by atoms with E-state index in [0.717, 1.165) is 9.64 Å².